The minimum Gasteiger partial charge on any atom is -0.368 e. The second-order valence-electron chi connectivity index (χ2n) is 2.78. The normalized spacial score (nSPS) is 9.43. The van der Waals surface area contributed by atoms with E-state index in [1.165, 1.54) is 0 Å². The van der Waals surface area contributed by atoms with Crippen molar-refractivity contribution in [3.05, 3.63) is 30.1 Å². The molecule has 1 rings (SSSR count). The molecule has 1 aromatic heterocycles. The maximum Gasteiger partial charge on any atom is 0.236 e. The van der Waals surface area contributed by atoms with Crippen LogP contribution in [-0.2, 0) is 16.0 Å². The van der Waals surface area contributed by atoms with E-state index < -0.39 is 5.91 Å². The number of aromatic nitrogens is 1. The van der Waals surface area contributed by atoms with Gasteiger partial charge < -0.3 is 11.1 Å². The lowest BCUT2D eigenvalue weighted by Gasteiger charge is -2.01. The quantitative estimate of drug-likeness (QED) is 0.658. The van der Waals surface area contributed by atoms with E-state index in [-0.39, 0.29) is 18.9 Å². The minimum absolute atomic E-state index is 0.121. The molecule has 0 spiro atoms. The average molecular weight is 193 g/mol. The Morgan fingerprint density at radius 1 is 1.36 bits per heavy atom. The SMILES string of the molecule is NC(=O)CNC(=O)Cc1ccncc1. The highest BCUT2D eigenvalue weighted by molar-refractivity contribution is 5.84. The molecule has 5 nitrogen and oxygen atoms in total. The number of hydrogen-bond donors (Lipinski definition) is 2. The third kappa shape index (κ3) is 3.66. The minimum atomic E-state index is -0.548. The Morgan fingerprint density at radius 2 is 2.00 bits per heavy atom. The van der Waals surface area contributed by atoms with Crippen LogP contribution in [0.5, 0.6) is 0 Å². The number of pyridine rings is 1. The van der Waals surface area contributed by atoms with Crippen LogP contribution in [0, 0.1) is 0 Å². The van der Waals surface area contributed by atoms with Gasteiger partial charge in [0.25, 0.3) is 0 Å². The molecule has 3 N–H and O–H groups in total. The summed E-state index contributed by atoms with van der Waals surface area (Å²) in [7, 11) is 0. The van der Waals surface area contributed by atoms with E-state index >= 15 is 0 Å². The molecular formula is C9H11N3O2. The molecule has 0 aliphatic carbocycles. The van der Waals surface area contributed by atoms with Gasteiger partial charge in [0, 0.05) is 12.4 Å². The molecule has 1 aromatic rings. The van der Waals surface area contributed by atoms with Gasteiger partial charge in [0.05, 0.1) is 13.0 Å². The summed E-state index contributed by atoms with van der Waals surface area (Å²) in [6, 6.07) is 3.48. The van der Waals surface area contributed by atoms with Crippen LogP contribution in [0.2, 0.25) is 0 Å². The largest absolute Gasteiger partial charge is 0.368 e. The van der Waals surface area contributed by atoms with Crippen molar-refractivity contribution >= 4 is 11.8 Å². The molecule has 0 unspecified atom stereocenters. The standard InChI is InChI=1S/C9H11N3O2/c10-8(13)6-12-9(14)5-7-1-3-11-4-2-7/h1-4H,5-6H2,(H2,10,13)(H,12,14). The molecule has 0 saturated heterocycles. The van der Waals surface area contributed by atoms with Crippen molar-refractivity contribution in [2.45, 2.75) is 6.42 Å². The van der Waals surface area contributed by atoms with Crippen LogP contribution in [0.3, 0.4) is 0 Å². The van der Waals surface area contributed by atoms with Crippen LogP contribution >= 0.6 is 0 Å². The first-order valence-electron chi connectivity index (χ1n) is 4.12. The number of amides is 2. The van der Waals surface area contributed by atoms with Crippen molar-refractivity contribution in [2.75, 3.05) is 6.54 Å². The van der Waals surface area contributed by atoms with Crippen molar-refractivity contribution in [1.82, 2.24) is 10.3 Å². The van der Waals surface area contributed by atoms with E-state index in [0.29, 0.717) is 0 Å². The molecule has 5 heteroatoms. The zero-order valence-corrected chi connectivity index (χ0v) is 7.56. The van der Waals surface area contributed by atoms with Crippen molar-refractivity contribution in [2.24, 2.45) is 5.73 Å². The first-order chi connectivity index (χ1) is 6.68. The topological polar surface area (TPSA) is 85.1 Å². The van der Waals surface area contributed by atoms with Crippen LogP contribution in [-0.4, -0.2) is 23.3 Å². The fourth-order valence-electron chi connectivity index (χ4n) is 0.934. The fourth-order valence-corrected chi connectivity index (χ4v) is 0.934. The molecule has 74 valence electrons. The molecule has 0 aromatic carbocycles. The Kier molecular flexibility index (Phi) is 3.60. The van der Waals surface area contributed by atoms with Crippen LogP contribution in [0.1, 0.15) is 5.56 Å². The van der Waals surface area contributed by atoms with Crippen LogP contribution in [0.4, 0.5) is 0 Å². The van der Waals surface area contributed by atoms with Gasteiger partial charge in [0.2, 0.25) is 11.8 Å². The highest BCUT2D eigenvalue weighted by Crippen LogP contribution is 1.96. The molecule has 0 aliphatic rings. The fraction of sp³-hybridized carbons (Fsp3) is 0.222. The lowest BCUT2D eigenvalue weighted by Crippen LogP contribution is -2.34. The van der Waals surface area contributed by atoms with Gasteiger partial charge in [0.1, 0.15) is 0 Å². The molecular weight excluding hydrogens is 182 g/mol. The average Bonchev–Trinajstić information content (AvgIpc) is 2.16. The van der Waals surface area contributed by atoms with Crippen molar-refractivity contribution in [1.29, 1.82) is 0 Å². The summed E-state index contributed by atoms with van der Waals surface area (Å²) in [6.45, 7) is -0.121. The smallest absolute Gasteiger partial charge is 0.236 e. The van der Waals surface area contributed by atoms with E-state index in [1.54, 1.807) is 24.5 Å². The summed E-state index contributed by atoms with van der Waals surface area (Å²) < 4.78 is 0. The third-order valence-corrected chi connectivity index (χ3v) is 1.57. The molecule has 0 saturated carbocycles. The maximum atomic E-state index is 11.2. The molecule has 2 amide bonds. The lowest BCUT2D eigenvalue weighted by molar-refractivity contribution is -0.124. The number of primary amides is 1. The molecule has 0 fully saturated rings. The predicted molar refractivity (Wildman–Crippen MR) is 50.1 cm³/mol. The summed E-state index contributed by atoms with van der Waals surface area (Å²) in [4.78, 5) is 25.4. The van der Waals surface area contributed by atoms with E-state index in [1.807, 2.05) is 0 Å². The Bertz CT molecular complexity index is 324. The highest BCUT2D eigenvalue weighted by Gasteiger charge is 2.03. The van der Waals surface area contributed by atoms with E-state index in [0.717, 1.165) is 5.56 Å². The molecule has 0 bridgehead atoms. The predicted octanol–water partition coefficient (Wildman–Crippen LogP) is -0.774. The summed E-state index contributed by atoms with van der Waals surface area (Å²) >= 11 is 0. The maximum absolute atomic E-state index is 11.2. The first kappa shape index (κ1) is 10.2. The number of rotatable bonds is 4. The van der Waals surface area contributed by atoms with Crippen LogP contribution in [0.15, 0.2) is 24.5 Å². The highest BCUT2D eigenvalue weighted by atomic mass is 16.2. The summed E-state index contributed by atoms with van der Waals surface area (Å²) in [5, 5.41) is 2.40. The van der Waals surface area contributed by atoms with Crippen LogP contribution in [0.25, 0.3) is 0 Å². The van der Waals surface area contributed by atoms with E-state index in [2.05, 4.69) is 10.3 Å². The Balaban J connectivity index is 2.38. The number of carbonyl (C=O) groups excluding carboxylic acids is 2. The zero-order valence-electron chi connectivity index (χ0n) is 7.56. The first-order valence-corrected chi connectivity index (χ1v) is 4.12. The summed E-state index contributed by atoms with van der Waals surface area (Å²) in [5.41, 5.74) is 5.72. The van der Waals surface area contributed by atoms with Gasteiger partial charge in [-0.25, -0.2) is 0 Å². The van der Waals surface area contributed by atoms with Gasteiger partial charge in [-0.3, -0.25) is 14.6 Å². The monoisotopic (exact) mass is 193 g/mol. The lowest BCUT2D eigenvalue weighted by atomic mass is 10.2. The second-order valence-corrected chi connectivity index (χ2v) is 2.78. The van der Waals surface area contributed by atoms with E-state index in [4.69, 9.17) is 5.73 Å². The van der Waals surface area contributed by atoms with Crippen molar-refractivity contribution in [3.8, 4) is 0 Å². The van der Waals surface area contributed by atoms with Gasteiger partial charge in [0.15, 0.2) is 0 Å². The summed E-state index contributed by atoms with van der Waals surface area (Å²) in [6.07, 6.45) is 3.45. The number of nitrogens with zero attached hydrogens (tertiary/aromatic N) is 1. The third-order valence-electron chi connectivity index (χ3n) is 1.57. The number of carbonyl (C=O) groups is 2. The Morgan fingerprint density at radius 3 is 2.57 bits per heavy atom. The van der Waals surface area contributed by atoms with Gasteiger partial charge >= 0.3 is 0 Å². The molecule has 14 heavy (non-hydrogen) atoms. The summed E-state index contributed by atoms with van der Waals surface area (Å²) in [5.74, 6) is -0.775. The molecule has 0 radical (unpaired) electrons. The number of hydrogen-bond acceptors (Lipinski definition) is 3. The van der Waals surface area contributed by atoms with Crippen molar-refractivity contribution < 1.29 is 9.59 Å². The molecule has 0 aliphatic heterocycles. The Hall–Kier alpha value is -1.91. The van der Waals surface area contributed by atoms with Crippen LogP contribution < -0.4 is 11.1 Å². The Labute approximate surface area is 81.3 Å². The van der Waals surface area contributed by atoms with Gasteiger partial charge in [-0.1, -0.05) is 0 Å². The molecule has 1 heterocycles. The molecule has 0 atom stereocenters. The van der Waals surface area contributed by atoms with Gasteiger partial charge in [-0.15, -0.1) is 0 Å². The van der Waals surface area contributed by atoms with E-state index in [9.17, 15) is 9.59 Å². The zero-order chi connectivity index (χ0) is 10.4. The second kappa shape index (κ2) is 4.96. The number of nitrogens with two attached hydrogens (primary N) is 1. The van der Waals surface area contributed by atoms with Crippen molar-refractivity contribution in [3.63, 3.8) is 0 Å². The van der Waals surface area contributed by atoms with Gasteiger partial charge in [-0.05, 0) is 17.7 Å². The number of nitrogens with one attached hydrogen (secondary N) is 1. The van der Waals surface area contributed by atoms with Gasteiger partial charge in [-0.2, -0.15) is 0 Å².